The SMILES string of the molecule is NNC(=O)CCC(=O)CNCc1cc(-c2ccccc2)ccc1CC(Nc1ccccc1C(=O)c1ccccc1)C(=O)O. The van der Waals surface area contributed by atoms with Gasteiger partial charge in [-0.15, -0.1) is 0 Å². The fourth-order valence-corrected chi connectivity index (χ4v) is 4.71. The van der Waals surface area contributed by atoms with Crippen molar-refractivity contribution in [3.05, 3.63) is 125 Å². The van der Waals surface area contributed by atoms with Crippen LogP contribution >= 0.6 is 0 Å². The van der Waals surface area contributed by atoms with Gasteiger partial charge in [0.15, 0.2) is 5.78 Å². The van der Waals surface area contributed by atoms with Gasteiger partial charge in [0.1, 0.15) is 11.8 Å². The first kappa shape index (κ1) is 30.8. The molecule has 9 nitrogen and oxygen atoms in total. The largest absolute Gasteiger partial charge is 0.480 e. The van der Waals surface area contributed by atoms with Crippen molar-refractivity contribution in [2.45, 2.75) is 31.8 Å². The zero-order valence-electron chi connectivity index (χ0n) is 23.6. The summed E-state index contributed by atoms with van der Waals surface area (Å²) in [5, 5.41) is 16.4. The molecule has 220 valence electrons. The number of nitrogens with two attached hydrogens (primary N) is 1. The van der Waals surface area contributed by atoms with E-state index in [1.807, 2.05) is 60.0 Å². The Kier molecular flexibility index (Phi) is 10.9. The number of amides is 1. The number of nitrogens with one attached hydrogen (secondary N) is 3. The van der Waals surface area contributed by atoms with Gasteiger partial charge in [0.05, 0.1) is 6.54 Å². The zero-order valence-corrected chi connectivity index (χ0v) is 23.6. The molecular formula is C34H34N4O5. The molecule has 9 heteroatoms. The monoisotopic (exact) mass is 578 g/mol. The van der Waals surface area contributed by atoms with Crippen molar-refractivity contribution in [2.75, 3.05) is 11.9 Å². The van der Waals surface area contributed by atoms with E-state index in [9.17, 15) is 24.3 Å². The van der Waals surface area contributed by atoms with Gasteiger partial charge in [0.25, 0.3) is 0 Å². The lowest BCUT2D eigenvalue weighted by molar-refractivity contribution is -0.137. The van der Waals surface area contributed by atoms with E-state index >= 15 is 0 Å². The average Bonchev–Trinajstić information content (AvgIpc) is 3.04. The summed E-state index contributed by atoms with van der Waals surface area (Å²) < 4.78 is 0. The van der Waals surface area contributed by atoms with Crippen LogP contribution in [0.15, 0.2) is 103 Å². The quantitative estimate of drug-likeness (QED) is 0.0612. The van der Waals surface area contributed by atoms with Crippen LogP contribution in [0.2, 0.25) is 0 Å². The van der Waals surface area contributed by atoms with Crippen LogP contribution in [0.4, 0.5) is 5.69 Å². The van der Waals surface area contributed by atoms with E-state index in [-0.39, 0.29) is 37.4 Å². The van der Waals surface area contributed by atoms with Crippen molar-refractivity contribution >= 4 is 29.1 Å². The second-order valence-corrected chi connectivity index (χ2v) is 10.0. The molecule has 0 spiro atoms. The molecule has 1 unspecified atom stereocenters. The van der Waals surface area contributed by atoms with Gasteiger partial charge in [-0.25, -0.2) is 10.6 Å². The summed E-state index contributed by atoms with van der Waals surface area (Å²) in [6.45, 7) is 0.350. The molecule has 4 rings (SSSR count). The molecule has 1 amide bonds. The number of aliphatic carboxylic acids is 1. The van der Waals surface area contributed by atoms with Gasteiger partial charge in [-0.1, -0.05) is 84.9 Å². The molecule has 4 aromatic rings. The fourth-order valence-electron chi connectivity index (χ4n) is 4.71. The molecule has 4 aromatic carbocycles. The van der Waals surface area contributed by atoms with Crippen molar-refractivity contribution in [2.24, 2.45) is 5.84 Å². The number of Topliss-reactive ketones (excluding diaryl/α,β-unsaturated/α-hetero) is 1. The zero-order chi connectivity index (χ0) is 30.6. The maximum atomic E-state index is 13.2. The van der Waals surface area contributed by atoms with Gasteiger partial charge in [-0.2, -0.15) is 0 Å². The maximum Gasteiger partial charge on any atom is 0.326 e. The van der Waals surface area contributed by atoms with Crippen molar-refractivity contribution < 1.29 is 24.3 Å². The minimum Gasteiger partial charge on any atom is -0.480 e. The lowest BCUT2D eigenvalue weighted by Gasteiger charge is -2.20. The molecule has 0 saturated heterocycles. The third-order valence-electron chi connectivity index (χ3n) is 7.00. The van der Waals surface area contributed by atoms with E-state index in [4.69, 9.17) is 5.84 Å². The Balaban J connectivity index is 1.56. The van der Waals surface area contributed by atoms with Crippen LogP contribution < -0.4 is 21.9 Å². The molecule has 1 atom stereocenters. The van der Waals surface area contributed by atoms with Crippen molar-refractivity contribution in [3.8, 4) is 11.1 Å². The molecule has 0 radical (unpaired) electrons. The Bertz CT molecular complexity index is 1570. The minimum absolute atomic E-state index is 0.00592. The van der Waals surface area contributed by atoms with Crippen LogP contribution in [-0.2, 0) is 27.3 Å². The topological polar surface area (TPSA) is 151 Å². The number of ketones is 2. The highest BCUT2D eigenvalue weighted by Crippen LogP contribution is 2.25. The van der Waals surface area contributed by atoms with Gasteiger partial charge < -0.3 is 15.7 Å². The minimum atomic E-state index is -1.07. The number of benzene rings is 4. The third kappa shape index (κ3) is 8.68. The first-order valence-corrected chi connectivity index (χ1v) is 13.9. The highest BCUT2D eigenvalue weighted by atomic mass is 16.4. The summed E-state index contributed by atoms with van der Waals surface area (Å²) in [5.41, 5.74) is 6.87. The fraction of sp³-hybridized carbons (Fsp3) is 0.176. The molecule has 0 heterocycles. The Labute approximate surface area is 250 Å². The molecule has 6 N–H and O–H groups in total. The first-order valence-electron chi connectivity index (χ1n) is 13.9. The molecule has 0 aliphatic heterocycles. The number of hydrogen-bond acceptors (Lipinski definition) is 7. The smallest absolute Gasteiger partial charge is 0.326 e. The molecule has 0 aliphatic rings. The van der Waals surface area contributed by atoms with Gasteiger partial charge in [-0.3, -0.25) is 19.8 Å². The second-order valence-electron chi connectivity index (χ2n) is 10.0. The lowest BCUT2D eigenvalue weighted by Crippen LogP contribution is -2.33. The van der Waals surface area contributed by atoms with E-state index in [2.05, 4.69) is 10.6 Å². The third-order valence-corrected chi connectivity index (χ3v) is 7.00. The number of hydrazine groups is 1. The van der Waals surface area contributed by atoms with Crippen LogP contribution in [0.25, 0.3) is 11.1 Å². The van der Waals surface area contributed by atoms with Gasteiger partial charge >= 0.3 is 5.97 Å². The number of para-hydroxylation sites is 1. The molecule has 0 saturated carbocycles. The molecule has 43 heavy (non-hydrogen) atoms. The van der Waals surface area contributed by atoms with E-state index in [1.54, 1.807) is 48.5 Å². The van der Waals surface area contributed by atoms with Crippen LogP contribution in [-0.4, -0.2) is 41.1 Å². The molecule has 0 fully saturated rings. The number of carboxylic acid groups (broad SMARTS) is 1. The second kappa shape index (κ2) is 15.2. The van der Waals surface area contributed by atoms with Crippen LogP contribution in [0.3, 0.4) is 0 Å². The van der Waals surface area contributed by atoms with Gasteiger partial charge in [0.2, 0.25) is 5.91 Å². The summed E-state index contributed by atoms with van der Waals surface area (Å²) in [6, 6.07) is 30.3. The lowest BCUT2D eigenvalue weighted by atomic mass is 9.94. The van der Waals surface area contributed by atoms with E-state index in [1.165, 1.54) is 0 Å². The molecular weight excluding hydrogens is 544 g/mol. The standard InChI is InChI=1S/C34H34N4O5/c35-38-32(40)18-17-28(39)22-36-21-27-19-25(23-9-3-1-4-10-23)15-16-26(27)20-31(34(42)43)37-30-14-8-7-13-29(30)33(41)24-11-5-2-6-12-24/h1-16,19,31,36-37H,17-18,20-22,35H2,(H,38,40)(H,42,43). The Morgan fingerprint density at radius 3 is 2.12 bits per heavy atom. The Morgan fingerprint density at radius 2 is 1.42 bits per heavy atom. The summed E-state index contributed by atoms with van der Waals surface area (Å²) in [4.78, 5) is 49.3. The van der Waals surface area contributed by atoms with Crippen LogP contribution in [0, 0.1) is 0 Å². The maximum absolute atomic E-state index is 13.2. The summed E-state index contributed by atoms with van der Waals surface area (Å²) >= 11 is 0. The van der Waals surface area contributed by atoms with Crippen LogP contribution in [0.5, 0.6) is 0 Å². The average molecular weight is 579 g/mol. The summed E-state index contributed by atoms with van der Waals surface area (Å²) in [6.07, 6.45) is 0.185. The Hall–Kier alpha value is -5.12. The summed E-state index contributed by atoms with van der Waals surface area (Å²) in [7, 11) is 0. The summed E-state index contributed by atoms with van der Waals surface area (Å²) in [5.74, 6) is 3.25. The number of anilines is 1. The molecule has 0 aromatic heterocycles. The van der Waals surface area contributed by atoms with E-state index in [0.29, 0.717) is 23.4 Å². The number of carboxylic acids is 1. The van der Waals surface area contributed by atoms with Gasteiger partial charge in [0, 0.05) is 42.6 Å². The number of carbonyl (C=O) groups excluding carboxylic acids is 3. The predicted molar refractivity (Wildman–Crippen MR) is 165 cm³/mol. The Morgan fingerprint density at radius 1 is 0.744 bits per heavy atom. The van der Waals surface area contributed by atoms with Gasteiger partial charge in [-0.05, 0) is 40.5 Å². The van der Waals surface area contributed by atoms with E-state index in [0.717, 1.165) is 22.3 Å². The molecule has 0 aliphatic carbocycles. The van der Waals surface area contributed by atoms with Crippen molar-refractivity contribution in [3.63, 3.8) is 0 Å². The predicted octanol–water partition coefficient (Wildman–Crippen LogP) is 4.12. The van der Waals surface area contributed by atoms with Crippen molar-refractivity contribution in [1.29, 1.82) is 0 Å². The molecule has 0 bridgehead atoms. The highest BCUT2D eigenvalue weighted by Gasteiger charge is 2.23. The number of rotatable bonds is 15. The normalized spacial score (nSPS) is 11.4. The first-order chi connectivity index (χ1) is 20.9. The van der Waals surface area contributed by atoms with Crippen LogP contribution in [0.1, 0.15) is 39.9 Å². The highest BCUT2D eigenvalue weighted by molar-refractivity contribution is 6.12. The van der Waals surface area contributed by atoms with E-state index < -0.39 is 17.9 Å². The van der Waals surface area contributed by atoms with Crippen molar-refractivity contribution in [1.82, 2.24) is 10.7 Å². The number of hydrogen-bond donors (Lipinski definition) is 5. The number of carbonyl (C=O) groups is 4.